The number of nitrogens with one attached hydrogen (secondary N) is 4. The number of hydrogen-bond acceptors (Lipinski definition) is 7. The van der Waals surface area contributed by atoms with Crippen LogP contribution in [0.3, 0.4) is 0 Å². The van der Waals surface area contributed by atoms with Crippen LogP contribution in [0.5, 0.6) is 0 Å². The molecule has 11 unspecified atom stereocenters. The minimum Gasteiger partial charge on any atom is -0.333 e. The van der Waals surface area contributed by atoms with E-state index >= 15 is 8.78 Å². The number of halogens is 2. The monoisotopic (exact) mass is 630 g/mol. The summed E-state index contributed by atoms with van der Waals surface area (Å²) in [4.78, 5) is 32.8. The van der Waals surface area contributed by atoms with Gasteiger partial charge < -0.3 is 25.8 Å². The molecule has 0 radical (unpaired) electrons. The molecule has 0 spiro atoms. The van der Waals surface area contributed by atoms with Gasteiger partial charge >= 0.3 is 6.03 Å². The zero-order valence-electron chi connectivity index (χ0n) is 26.8. The van der Waals surface area contributed by atoms with Crippen molar-refractivity contribution in [3.63, 3.8) is 0 Å². The van der Waals surface area contributed by atoms with Crippen LogP contribution in [0.2, 0.25) is 0 Å². The number of rotatable bonds is 4. The summed E-state index contributed by atoms with van der Waals surface area (Å²) in [6.45, 7) is 10.9. The number of hydrogen-bond donors (Lipinski definition) is 4. The highest BCUT2D eigenvalue weighted by atomic mass is 19.1. The van der Waals surface area contributed by atoms with Gasteiger partial charge in [-0.2, -0.15) is 5.26 Å². The molecule has 4 N–H and O–H groups in total. The summed E-state index contributed by atoms with van der Waals surface area (Å²) < 4.78 is 32.4. The molecule has 45 heavy (non-hydrogen) atoms. The third kappa shape index (κ3) is 6.22. The lowest BCUT2D eigenvalue weighted by molar-refractivity contribution is -0.133. The Morgan fingerprint density at radius 2 is 1.91 bits per heavy atom. The Labute approximate surface area is 266 Å². The normalized spacial score (nSPS) is 42.7. The molecule has 2 bridgehead atoms. The molecule has 5 aliphatic heterocycles. The largest absolute Gasteiger partial charge is 0.333 e. The first-order chi connectivity index (χ1) is 21.7. The van der Waals surface area contributed by atoms with Crippen LogP contribution in [0.4, 0.5) is 13.6 Å². The number of carbonyl (C=O) groups is 2. The molecule has 12 heteroatoms. The first kappa shape index (κ1) is 32.6. The van der Waals surface area contributed by atoms with Crippen molar-refractivity contribution in [3.8, 4) is 6.07 Å². The summed E-state index contributed by atoms with van der Waals surface area (Å²) >= 11 is 0. The van der Waals surface area contributed by atoms with Crippen LogP contribution < -0.4 is 21.3 Å². The maximum atomic E-state index is 16.6. The van der Waals surface area contributed by atoms with Crippen molar-refractivity contribution in [2.45, 2.75) is 120 Å². The number of carbonyl (C=O) groups excluding carboxylic acids is 2. The Morgan fingerprint density at radius 1 is 1.09 bits per heavy atom. The van der Waals surface area contributed by atoms with Crippen molar-refractivity contribution in [2.24, 2.45) is 23.7 Å². The van der Waals surface area contributed by atoms with Crippen molar-refractivity contribution in [1.82, 2.24) is 36.0 Å². The van der Waals surface area contributed by atoms with Gasteiger partial charge in [-0.1, -0.05) is 20.4 Å². The molecular formula is C33H52F2N8O2. The highest BCUT2D eigenvalue weighted by Crippen LogP contribution is 2.42. The molecule has 250 valence electrons. The molecule has 5 saturated heterocycles. The van der Waals surface area contributed by atoms with Crippen LogP contribution in [0.1, 0.15) is 65.2 Å². The maximum absolute atomic E-state index is 16.6. The number of piperidine rings is 2. The molecule has 1 aliphatic carbocycles. The van der Waals surface area contributed by atoms with Crippen LogP contribution in [-0.2, 0) is 4.79 Å². The second kappa shape index (κ2) is 13.8. The van der Waals surface area contributed by atoms with Crippen molar-refractivity contribution in [1.29, 1.82) is 5.26 Å². The SMILES string of the molecule is C=CC(=O)N1CCN(C2NC(=O)N3C4NC(C(F)CC24)C2C(F)CCCC2NCCCC2CCNC(C(C)C)C23)C[C@@H]1CC#N. The summed E-state index contributed by atoms with van der Waals surface area (Å²) in [7, 11) is 0. The summed E-state index contributed by atoms with van der Waals surface area (Å²) in [6, 6.07) is 0.862. The van der Waals surface area contributed by atoms with E-state index in [0.29, 0.717) is 26.1 Å². The number of alkyl halides is 2. The minimum atomic E-state index is -1.28. The number of nitriles is 1. The first-order valence-corrected chi connectivity index (χ1v) is 17.4. The van der Waals surface area contributed by atoms with E-state index in [1.165, 1.54) is 6.08 Å². The fourth-order valence-electron chi connectivity index (χ4n) is 9.74. The standard InChI is InChI=1S/C33H52F2N8O2/c1-4-26(44)42-16-15-41(18-21(42)10-12-36)31-22-17-24(35)29-27-23(34)8-5-9-25(27)37-13-6-7-20-11-14-38-28(19(2)3)30(20)43(32(22)39-29)33(45)40-31/h4,19-25,27-32,37-39H,1,5-11,13-18H2,2-3H3,(H,40,45)/t20?,21-,22?,23?,24?,25?,27?,28?,29?,30?,31?,32?/m0/s1. The van der Waals surface area contributed by atoms with Crippen molar-refractivity contribution in [3.05, 3.63) is 12.7 Å². The van der Waals surface area contributed by atoms with Gasteiger partial charge in [-0.3, -0.25) is 15.0 Å². The number of urea groups is 1. The first-order valence-electron chi connectivity index (χ1n) is 17.4. The van der Waals surface area contributed by atoms with Crippen LogP contribution in [0, 0.1) is 35.0 Å². The van der Waals surface area contributed by atoms with Gasteiger partial charge in [0.25, 0.3) is 0 Å². The average molecular weight is 631 g/mol. The van der Waals surface area contributed by atoms with Gasteiger partial charge in [0.05, 0.1) is 36.9 Å². The average Bonchev–Trinajstić information content (AvgIpc) is 3.02. The molecular weight excluding hydrogens is 578 g/mol. The van der Waals surface area contributed by atoms with Crippen LogP contribution >= 0.6 is 0 Å². The predicted octanol–water partition coefficient (Wildman–Crippen LogP) is 2.49. The van der Waals surface area contributed by atoms with Gasteiger partial charge in [0.15, 0.2) is 0 Å². The van der Waals surface area contributed by atoms with Crippen molar-refractivity contribution in [2.75, 3.05) is 32.7 Å². The zero-order chi connectivity index (χ0) is 31.8. The minimum absolute atomic E-state index is 0.0794. The van der Waals surface area contributed by atoms with Gasteiger partial charge in [0.1, 0.15) is 12.3 Å². The Morgan fingerprint density at radius 3 is 2.67 bits per heavy atom. The highest BCUT2D eigenvalue weighted by Gasteiger charge is 2.57. The van der Waals surface area contributed by atoms with E-state index in [9.17, 15) is 14.9 Å². The molecule has 6 fully saturated rings. The smallest absolute Gasteiger partial charge is 0.320 e. The maximum Gasteiger partial charge on any atom is 0.320 e. The van der Waals surface area contributed by atoms with Crippen LogP contribution in [0.25, 0.3) is 0 Å². The molecule has 10 nitrogen and oxygen atoms in total. The van der Waals surface area contributed by atoms with Gasteiger partial charge in [-0.15, -0.1) is 0 Å². The zero-order valence-corrected chi connectivity index (χ0v) is 26.8. The van der Waals surface area contributed by atoms with Gasteiger partial charge in [0.2, 0.25) is 5.91 Å². The van der Waals surface area contributed by atoms with E-state index in [0.717, 1.165) is 45.2 Å². The second-order valence-corrected chi connectivity index (χ2v) is 14.6. The molecule has 6 aliphatic rings. The molecule has 0 aromatic rings. The van der Waals surface area contributed by atoms with Crippen LogP contribution in [0.15, 0.2) is 12.7 Å². The fourth-order valence-corrected chi connectivity index (χ4v) is 9.74. The van der Waals surface area contributed by atoms with Crippen LogP contribution in [-0.4, -0.2) is 114 Å². The molecule has 1 saturated carbocycles. The van der Waals surface area contributed by atoms with Gasteiger partial charge in [-0.25, -0.2) is 13.6 Å². The molecule has 5 heterocycles. The Bertz CT molecular complexity index is 1140. The van der Waals surface area contributed by atoms with Crippen molar-refractivity contribution >= 4 is 11.9 Å². The lowest BCUT2D eigenvalue weighted by atomic mass is 9.71. The van der Waals surface area contributed by atoms with E-state index in [1.807, 2.05) is 4.90 Å². The summed E-state index contributed by atoms with van der Waals surface area (Å²) in [5, 5.41) is 23.9. The third-order valence-electron chi connectivity index (χ3n) is 11.8. The molecule has 0 aromatic heterocycles. The van der Waals surface area contributed by atoms with E-state index in [4.69, 9.17) is 0 Å². The fraction of sp³-hybridized carbons (Fsp3) is 0.848. The number of nitrogens with zero attached hydrogens (tertiary/aromatic N) is 4. The Balaban J connectivity index is 1.37. The predicted molar refractivity (Wildman–Crippen MR) is 167 cm³/mol. The molecule has 0 aromatic carbocycles. The third-order valence-corrected chi connectivity index (χ3v) is 11.8. The highest BCUT2D eigenvalue weighted by molar-refractivity contribution is 5.87. The number of fused-ring (bicyclic) bond motifs is 5. The Hall–Kier alpha value is -2.33. The summed E-state index contributed by atoms with van der Waals surface area (Å²) in [5.41, 5.74) is 0. The quantitative estimate of drug-likeness (QED) is 0.353. The lowest BCUT2D eigenvalue weighted by Gasteiger charge is -2.60. The molecule has 6 rings (SSSR count). The number of piperazine rings is 1. The topological polar surface area (TPSA) is 116 Å². The second-order valence-electron chi connectivity index (χ2n) is 14.6. The van der Waals surface area contributed by atoms with E-state index in [-0.39, 0.29) is 66.7 Å². The van der Waals surface area contributed by atoms with Gasteiger partial charge in [0, 0.05) is 49.6 Å². The molecule has 12 atom stereocenters. The van der Waals surface area contributed by atoms with E-state index in [1.54, 1.807) is 4.90 Å². The van der Waals surface area contributed by atoms with Crippen molar-refractivity contribution < 1.29 is 18.4 Å². The lowest BCUT2D eigenvalue weighted by Crippen LogP contribution is -2.80. The number of amides is 3. The Kier molecular flexibility index (Phi) is 10.00. The summed E-state index contributed by atoms with van der Waals surface area (Å²) in [6.07, 6.45) is 3.21. The van der Waals surface area contributed by atoms with E-state index < -0.39 is 36.6 Å². The summed E-state index contributed by atoms with van der Waals surface area (Å²) in [5.74, 6) is -0.457. The van der Waals surface area contributed by atoms with E-state index in [2.05, 4.69) is 52.7 Å². The van der Waals surface area contributed by atoms with Gasteiger partial charge in [-0.05, 0) is 75.9 Å². The molecule has 3 amide bonds.